The number of hydrogen-bond donors (Lipinski definition) is 1. The molecule has 0 fully saturated rings. The van der Waals surface area contributed by atoms with E-state index in [1.54, 1.807) is 36.4 Å². The number of amides is 1. The molecule has 0 aliphatic carbocycles. The van der Waals surface area contributed by atoms with Gasteiger partial charge in [-0.3, -0.25) is 9.59 Å². The highest BCUT2D eigenvalue weighted by Gasteiger charge is 2.09. The molecule has 0 unspecified atom stereocenters. The van der Waals surface area contributed by atoms with Crippen LogP contribution in [0.4, 0.5) is 0 Å². The Morgan fingerprint density at radius 3 is 2.86 bits per heavy atom. The molecule has 0 atom stereocenters. The third-order valence-electron chi connectivity index (χ3n) is 4.07. The largest absolute Gasteiger partial charge is 0.493 e. The number of hydrazone groups is 1. The molecule has 148 valence electrons. The number of hydrogen-bond acceptors (Lipinski definition) is 6. The molecule has 0 saturated carbocycles. The summed E-state index contributed by atoms with van der Waals surface area (Å²) in [7, 11) is 1.53. The van der Waals surface area contributed by atoms with Crippen molar-refractivity contribution in [3.05, 3.63) is 82.7 Å². The molecule has 1 amide bonds. The lowest BCUT2D eigenvalue weighted by Gasteiger charge is -2.11. The summed E-state index contributed by atoms with van der Waals surface area (Å²) < 4.78 is 16.2. The van der Waals surface area contributed by atoms with Crippen LogP contribution >= 0.6 is 0 Å². The smallest absolute Gasteiger partial charge is 0.277 e. The Morgan fingerprint density at radius 1 is 1.24 bits per heavy atom. The summed E-state index contributed by atoms with van der Waals surface area (Å²) in [6.07, 6.45) is 5.03. The van der Waals surface area contributed by atoms with Crippen LogP contribution in [-0.2, 0) is 11.2 Å². The number of fused-ring (bicyclic) bond motifs is 1. The second kappa shape index (κ2) is 9.36. The molecule has 3 aromatic rings. The Morgan fingerprint density at radius 2 is 2.07 bits per heavy atom. The van der Waals surface area contributed by atoms with Crippen molar-refractivity contribution in [3.63, 3.8) is 0 Å². The summed E-state index contributed by atoms with van der Waals surface area (Å²) in [5, 5.41) is 4.24. The van der Waals surface area contributed by atoms with Crippen LogP contribution in [0.3, 0.4) is 0 Å². The van der Waals surface area contributed by atoms with E-state index in [1.165, 1.54) is 19.6 Å². The number of ether oxygens (including phenoxy) is 2. The SMILES string of the molecule is C=CCc1ccc(OCC(=O)N/N=C\c2coc3ccccc3c2=O)c(OC)c1. The molecule has 0 bridgehead atoms. The molecule has 0 spiro atoms. The first-order chi connectivity index (χ1) is 14.1. The van der Waals surface area contributed by atoms with Crippen LogP contribution in [0.5, 0.6) is 11.5 Å². The van der Waals surface area contributed by atoms with Crippen molar-refractivity contribution in [2.24, 2.45) is 5.10 Å². The average molecular weight is 392 g/mol. The fraction of sp³-hybridized carbons (Fsp3) is 0.136. The zero-order chi connectivity index (χ0) is 20.6. The molecule has 1 N–H and O–H groups in total. The van der Waals surface area contributed by atoms with Crippen LogP contribution in [0, 0.1) is 0 Å². The molecule has 29 heavy (non-hydrogen) atoms. The van der Waals surface area contributed by atoms with E-state index in [2.05, 4.69) is 17.1 Å². The van der Waals surface area contributed by atoms with E-state index in [0.717, 1.165) is 5.56 Å². The van der Waals surface area contributed by atoms with E-state index >= 15 is 0 Å². The summed E-state index contributed by atoms with van der Waals surface area (Å²) in [6.45, 7) is 3.44. The number of allylic oxidation sites excluding steroid dienone is 1. The number of carbonyl (C=O) groups excluding carboxylic acids is 1. The van der Waals surface area contributed by atoms with E-state index in [9.17, 15) is 9.59 Å². The Kier molecular flexibility index (Phi) is 6.42. The fourth-order valence-corrected chi connectivity index (χ4v) is 2.66. The summed E-state index contributed by atoms with van der Waals surface area (Å²) in [4.78, 5) is 24.3. The van der Waals surface area contributed by atoms with Crippen LogP contribution < -0.4 is 20.3 Å². The minimum atomic E-state index is -0.483. The van der Waals surface area contributed by atoms with Gasteiger partial charge in [0.1, 0.15) is 11.8 Å². The van der Waals surface area contributed by atoms with Crippen molar-refractivity contribution in [3.8, 4) is 11.5 Å². The Hall–Kier alpha value is -3.87. The Labute approximate surface area is 167 Å². The highest BCUT2D eigenvalue weighted by molar-refractivity contribution is 5.87. The van der Waals surface area contributed by atoms with Crippen molar-refractivity contribution in [2.75, 3.05) is 13.7 Å². The molecule has 3 rings (SSSR count). The second-order valence-corrected chi connectivity index (χ2v) is 6.08. The van der Waals surface area contributed by atoms with Crippen LogP contribution in [0.1, 0.15) is 11.1 Å². The topological polar surface area (TPSA) is 90.1 Å². The van der Waals surface area contributed by atoms with E-state index in [0.29, 0.717) is 28.9 Å². The molecular weight excluding hydrogens is 372 g/mol. The summed E-state index contributed by atoms with van der Waals surface area (Å²) in [5.41, 5.74) is 3.82. The molecule has 1 aromatic heterocycles. The minimum Gasteiger partial charge on any atom is -0.493 e. The van der Waals surface area contributed by atoms with Gasteiger partial charge in [0.15, 0.2) is 18.1 Å². The lowest BCUT2D eigenvalue weighted by atomic mass is 10.1. The van der Waals surface area contributed by atoms with Gasteiger partial charge < -0.3 is 13.9 Å². The minimum absolute atomic E-state index is 0.226. The molecule has 7 nitrogen and oxygen atoms in total. The van der Waals surface area contributed by atoms with Crippen LogP contribution in [0.15, 0.2) is 75.7 Å². The van der Waals surface area contributed by atoms with Crippen molar-refractivity contribution < 1.29 is 18.7 Å². The van der Waals surface area contributed by atoms with E-state index in [-0.39, 0.29) is 17.6 Å². The highest BCUT2D eigenvalue weighted by Crippen LogP contribution is 2.28. The van der Waals surface area contributed by atoms with Gasteiger partial charge in [0.2, 0.25) is 5.43 Å². The van der Waals surface area contributed by atoms with E-state index < -0.39 is 5.91 Å². The van der Waals surface area contributed by atoms with Gasteiger partial charge in [-0.1, -0.05) is 24.3 Å². The number of para-hydroxylation sites is 1. The molecule has 0 aliphatic rings. The zero-order valence-electron chi connectivity index (χ0n) is 15.9. The molecule has 0 radical (unpaired) electrons. The van der Waals surface area contributed by atoms with E-state index in [1.807, 2.05) is 12.1 Å². The third-order valence-corrected chi connectivity index (χ3v) is 4.07. The lowest BCUT2D eigenvalue weighted by molar-refractivity contribution is -0.123. The maximum Gasteiger partial charge on any atom is 0.277 e. The first-order valence-corrected chi connectivity index (χ1v) is 8.85. The van der Waals surface area contributed by atoms with Gasteiger partial charge in [0.05, 0.1) is 24.3 Å². The first-order valence-electron chi connectivity index (χ1n) is 8.85. The molecule has 7 heteroatoms. The van der Waals surface area contributed by atoms with Gasteiger partial charge in [-0.25, -0.2) is 5.43 Å². The maximum absolute atomic E-state index is 12.4. The van der Waals surface area contributed by atoms with Gasteiger partial charge in [-0.05, 0) is 36.2 Å². The predicted octanol–water partition coefficient (Wildman–Crippen LogP) is 3.06. The number of nitrogens with one attached hydrogen (secondary N) is 1. The molecule has 2 aromatic carbocycles. The predicted molar refractivity (Wildman–Crippen MR) is 111 cm³/mol. The standard InChI is InChI=1S/C22H20N2O5/c1-3-6-15-9-10-19(20(11-15)27-2)29-14-21(25)24-23-12-16-13-28-18-8-5-4-7-17(18)22(16)26/h3-5,7-13H,1,6,14H2,2H3,(H,24,25)/b23-12-. The first kappa shape index (κ1) is 19.9. The van der Waals surface area contributed by atoms with Gasteiger partial charge in [-0.2, -0.15) is 5.10 Å². The lowest BCUT2D eigenvalue weighted by Crippen LogP contribution is -2.25. The van der Waals surface area contributed by atoms with Crippen LogP contribution in [0.25, 0.3) is 11.0 Å². The normalized spacial score (nSPS) is 10.8. The van der Waals surface area contributed by atoms with Gasteiger partial charge in [-0.15, -0.1) is 6.58 Å². The average Bonchev–Trinajstić information content (AvgIpc) is 2.74. The second-order valence-electron chi connectivity index (χ2n) is 6.08. The number of rotatable bonds is 8. The number of methoxy groups -OCH3 is 1. The molecule has 1 heterocycles. The quantitative estimate of drug-likeness (QED) is 0.361. The monoisotopic (exact) mass is 392 g/mol. The summed E-state index contributed by atoms with van der Waals surface area (Å²) >= 11 is 0. The third kappa shape index (κ3) is 4.90. The maximum atomic E-state index is 12.4. The molecule has 0 aliphatic heterocycles. The highest BCUT2D eigenvalue weighted by atomic mass is 16.5. The number of benzene rings is 2. The van der Waals surface area contributed by atoms with E-state index in [4.69, 9.17) is 13.9 Å². The van der Waals surface area contributed by atoms with Crippen molar-refractivity contribution in [2.45, 2.75) is 6.42 Å². The van der Waals surface area contributed by atoms with Gasteiger partial charge in [0.25, 0.3) is 5.91 Å². The zero-order valence-corrected chi connectivity index (χ0v) is 15.9. The van der Waals surface area contributed by atoms with Crippen molar-refractivity contribution in [1.29, 1.82) is 0 Å². The Bertz CT molecular complexity index is 1120. The fourth-order valence-electron chi connectivity index (χ4n) is 2.66. The number of carbonyl (C=O) groups is 1. The van der Waals surface area contributed by atoms with Crippen molar-refractivity contribution >= 4 is 23.1 Å². The van der Waals surface area contributed by atoms with Crippen molar-refractivity contribution in [1.82, 2.24) is 5.43 Å². The summed E-state index contributed by atoms with van der Waals surface area (Å²) in [6, 6.07) is 12.3. The Balaban J connectivity index is 1.60. The van der Waals surface area contributed by atoms with Gasteiger partial charge in [0, 0.05) is 0 Å². The number of nitrogens with zero attached hydrogens (tertiary/aromatic N) is 1. The summed E-state index contributed by atoms with van der Waals surface area (Å²) in [5.74, 6) is 0.479. The van der Waals surface area contributed by atoms with Crippen LogP contribution in [0.2, 0.25) is 0 Å². The van der Waals surface area contributed by atoms with Gasteiger partial charge >= 0.3 is 0 Å². The molecular formula is C22H20N2O5. The van der Waals surface area contributed by atoms with Crippen LogP contribution in [-0.4, -0.2) is 25.8 Å². The molecule has 0 saturated heterocycles.